The number of alkyl halides is 2. The fraction of sp³-hybridized carbons (Fsp3) is 0.514. The monoisotopic (exact) mass is 707 g/mol. The molecule has 2 aliphatic heterocycles. The van der Waals surface area contributed by atoms with Crippen LogP contribution in [-0.4, -0.2) is 85.6 Å². The fourth-order valence-corrected chi connectivity index (χ4v) is 7.01. The van der Waals surface area contributed by atoms with Gasteiger partial charge in [-0.05, 0) is 52.2 Å². The van der Waals surface area contributed by atoms with E-state index in [0.717, 1.165) is 5.56 Å². The Balaban J connectivity index is 1.34. The number of aromatic nitrogens is 2. The lowest BCUT2D eigenvalue weighted by atomic mass is 10.0. The number of rotatable bonds is 5. The molecule has 51 heavy (non-hydrogen) atoms. The Morgan fingerprint density at radius 3 is 2.35 bits per heavy atom. The number of fused-ring (bicyclic) bond motifs is 3. The lowest BCUT2D eigenvalue weighted by Gasteiger charge is -2.30. The number of benzene rings is 2. The second kappa shape index (κ2) is 14.0. The zero-order valence-corrected chi connectivity index (χ0v) is 28.9. The van der Waals surface area contributed by atoms with Crippen molar-refractivity contribution in [3.63, 3.8) is 0 Å². The first-order valence-electron chi connectivity index (χ1n) is 17.4. The number of hydrogen-bond acceptors (Lipinski definition) is 8. The van der Waals surface area contributed by atoms with Gasteiger partial charge in [0.1, 0.15) is 35.0 Å². The number of hydrogen-bond donors (Lipinski definition) is 3. The summed E-state index contributed by atoms with van der Waals surface area (Å²) in [6.45, 7) is 4.93. The Morgan fingerprint density at radius 1 is 0.980 bits per heavy atom. The van der Waals surface area contributed by atoms with Gasteiger partial charge in [0.15, 0.2) is 0 Å². The zero-order valence-electron chi connectivity index (χ0n) is 28.9. The molecule has 3 fully saturated rings. The minimum absolute atomic E-state index is 0.0595. The van der Waals surface area contributed by atoms with Crippen LogP contribution in [0.1, 0.15) is 72.1 Å². The predicted octanol–water partition coefficient (Wildman–Crippen LogP) is 5.49. The first-order chi connectivity index (χ1) is 24.1. The molecule has 1 saturated carbocycles. The van der Waals surface area contributed by atoms with Gasteiger partial charge in [0.25, 0.3) is 0 Å². The standard InChI is InChI=1S/C37H43F2N5O7/c1-35(2,3)51-34(49)42-27-16-8-5-11-17-36(38,39)19-23-20-37(23,33(47)48)43-30(45)28-18-24(21-44(28)32(27)46)50-31-29(22-12-6-4-7-13-22)40-25-14-9-10-15-26(25)41-31/h4,6-7,9-10,12-15,23-24,27-28H,5,8,11,16-21H2,1-3H3,(H,42,49)(H,43,45)(H,47,48)/t23-,24-,27+,28+,37-/m1/s1. The SMILES string of the molecule is CC(C)(C)OC(=O)N[C@H]1CCCCCC(F)(F)C[C@@H]2C[C@@]2(C(=O)O)NC(=O)[C@@H]2C[C@@H](Oc3nc4ccccc4nc3-c3ccccc3)CN2C1=O. The van der Waals surface area contributed by atoms with E-state index >= 15 is 0 Å². The van der Waals surface area contributed by atoms with Crippen LogP contribution in [0.4, 0.5) is 13.6 Å². The highest BCUT2D eigenvalue weighted by Crippen LogP contribution is 2.51. The number of alkyl carbamates (subject to hydrolysis) is 1. The summed E-state index contributed by atoms with van der Waals surface area (Å²) in [4.78, 5) is 64.5. The van der Waals surface area contributed by atoms with Gasteiger partial charge in [-0.25, -0.2) is 28.3 Å². The van der Waals surface area contributed by atoms with Crippen LogP contribution in [0.2, 0.25) is 0 Å². The third kappa shape index (κ3) is 8.20. The molecular weight excluding hydrogens is 664 g/mol. The average molecular weight is 708 g/mol. The maximum atomic E-state index is 15.0. The van der Waals surface area contributed by atoms with Crippen molar-refractivity contribution >= 4 is 34.9 Å². The van der Waals surface area contributed by atoms with Gasteiger partial charge >= 0.3 is 12.1 Å². The maximum absolute atomic E-state index is 15.0. The van der Waals surface area contributed by atoms with Gasteiger partial charge < -0.3 is 30.1 Å². The predicted molar refractivity (Wildman–Crippen MR) is 182 cm³/mol. The van der Waals surface area contributed by atoms with Gasteiger partial charge in [0, 0.05) is 30.7 Å². The van der Waals surface area contributed by atoms with E-state index in [4.69, 9.17) is 19.4 Å². The number of ether oxygens (including phenoxy) is 2. The summed E-state index contributed by atoms with van der Waals surface area (Å²) in [5, 5.41) is 15.3. The first-order valence-corrected chi connectivity index (χ1v) is 17.4. The summed E-state index contributed by atoms with van der Waals surface area (Å²) in [5.41, 5.74) is -0.365. The Labute approximate surface area is 294 Å². The molecule has 1 aromatic heterocycles. The van der Waals surface area contributed by atoms with E-state index in [1.54, 1.807) is 26.8 Å². The van der Waals surface area contributed by atoms with Gasteiger partial charge in [-0.15, -0.1) is 0 Å². The van der Waals surface area contributed by atoms with E-state index in [2.05, 4.69) is 10.6 Å². The van der Waals surface area contributed by atoms with Crippen LogP contribution in [0.25, 0.3) is 22.3 Å². The minimum Gasteiger partial charge on any atom is -0.479 e. The van der Waals surface area contributed by atoms with E-state index in [1.807, 2.05) is 48.5 Å². The molecule has 14 heteroatoms. The molecule has 0 radical (unpaired) electrons. The molecule has 0 spiro atoms. The Hall–Kier alpha value is -4.88. The van der Waals surface area contributed by atoms with Crippen LogP contribution in [0.5, 0.6) is 5.88 Å². The molecular formula is C37H43F2N5O7. The van der Waals surface area contributed by atoms with E-state index in [1.165, 1.54) is 4.90 Å². The molecule has 1 aliphatic carbocycles. The molecule has 3 amide bonds. The van der Waals surface area contributed by atoms with E-state index in [0.29, 0.717) is 29.6 Å². The summed E-state index contributed by atoms with van der Waals surface area (Å²) in [6.07, 6.45) is -2.06. The number of aliphatic carboxylic acids is 1. The van der Waals surface area contributed by atoms with Crippen molar-refractivity contribution in [2.75, 3.05) is 6.54 Å². The highest BCUT2D eigenvalue weighted by molar-refractivity contribution is 5.96. The molecule has 6 rings (SSSR count). The number of halogens is 2. The summed E-state index contributed by atoms with van der Waals surface area (Å²) in [6, 6.07) is 14.2. The summed E-state index contributed by atoms with van der Waals surface area (Å²) >= 11 is 0. The van der Waals surface area contributed by atoms with E-state index < -0.39 is 77.9 Å². The number of carbonyl (C=O) groups is 4. The summed E-state index contributed by atoms with van der Waals surface area (Å²) < 4.78 is 41.8. The van der Waals surface area contributed by atoms with Crippen molar-refractivity contribution < 1.29 is 42.5 Å². The highest BCUT2D eigenvalue weighted by Gasteiger charge is 2.64. The number of carboxylic acids is 1. The second-order valence-electron chi connectivity index (χ2n) is 14.7. The topological polar surface area (TPSA) is 160 Å². The minimum atomic E-state index is -3.13. The van der Waals surface area contributed by atoms with Crippen molar-refractivity contribution in [1.29, 1.82) is 0 Å². The van der Waals surface area contributed by atoms with E-state index in [-0.39, 0.29) is 38.1 Å². The van der Waals surface area contributed by atoms with Crippen LogP contribution < -0.4 is 15.4 Å². The Bertz CT molecular complexity index is 1800. The molecule has 272 valence electrons. The van der Waals surface area contributed by atoms with E-state index in [9.17, 15) is 33.1 Å². The molecule has 0 unspecified atom stereocenters. The molecule has 2 saturated heterocycles. The molecule has 5 atom stereocenters. The van der Waals surface area contributed by atoms with Gasteiger partial charge in [0.05, 0.1) is 17.6 Å². The van der Waals surface area contributed by atoms with Crippen molar-refractivity contribution in [3.05, 3.63) is 54.6 Å². The van der Waals surface area contributed by atoms with Gasteiger partial charge in [-0.2, -0.15) is 0 Å². The van der Waals surface area contributed by atoms with Crippen LogP contribution in [-0.2, 0) is 19.1 Å². The number of nitrogens with one attached hydrogen (secondary N) is 2. The normalized spacial score (nSPS) is 26.9. The summed E-state index contributed by atoms with van der Waals surface area (Å²) in [5.74, 6) is -6.74. The summed E-state index contributed by atoms with van der Waals surface area (Å²) in [7, 11) is 0. The number of amides is 3. The van der Waals surface area contributed by atoms with Crippen molar-refractivity contribution in [2.24, 2.45) is 5.92 Å². The smallest absolute Gasteiger partial charge is 0.408 e. The van der Waals surface area contributed by atoms with Gasteiger partial charge in [0.2, 0.25) is 23.6 Å². The number of carboxylic acid groups (broad SMARTS) is 1. The average Bonchev–Trinajstić information content (AvgIpc) is 3.56. The Kier molecular flexibility index (Phi) is 9.88. The largest absolute Gasteiger partial charge is 0.479 e. The lowest BCUT2D eigenvalue weighted by Crippen LogP contribution is -2.56. The third-order valence-electron chi connectivity index (χ3n) is 9.62. The maximum Gasteiger partial charge on any atom is 0.408 e. The molecule has 3 aliphatic rings. The molecule has 2 aromatic carbocycles. The van der Waals surface area contributed by atoms with Crippen LogP contribution in [0, 0.1) is 5.92 Å². The zero-order chi connectivity index (χ0) is 36.6. The highest BCUT2D eigenvalue weighted by atomic mass is 19.3. The molecule has 12 nitrogen and oxygen atoms in total. The quantitative estimate of drug-likeness (QED) is 0.312. The van der Waals surface area contributed by atoms with Gasteiger partial charge in [-0.1, -0.05) is 55.3 Å². The molecule has 0 bridgehead atoms. The van der Waals surface area contributed by atoms with Crippen molar-refractivity contribution in [3.8, 4) is 17.1 Å². The second-order valence-corrected chi connectivity index (χ2v) is 14.7. The number of carbonyl (C=O) groups excluding carboxylic acids is 3. The number of nitrogens with zero attached hydrogens (tertiary/aromatic N) is 3. The fourth-order valence-electron chi connectivity index (χ4n) is 7.01. The first kappa shape index (κ1) is 35.9. The van der Waals surface area contributed by atoms with Crippen molar-refractivity contribution in [2.45, 2.75) is 107 Å². The van der Waals surface area contributed by atoms with Crippen LogP contribution in [0.15, 0.2) is 54.6 Å². The molecule has 3 aromatic rings. The van der Waals surface area contributed by atoms with Crippen molar-refractivity contribution in [1.82, 2.24) is 25.5 Å². The third-order valence-corrected chi connectivity index (χ3v) is 9.62. The molecule has 3 N–H and O–H groups in total. The molecule has 3 heterocycles. The Morgan fingerprint density at radius 2 is 1.67 bits per heavy atom. The van der Waals surface area contributed by atoms with Crippen LogP contribution in [0.3, 0.4) is 0 Å². The lowest BCUT2D eigenvalue weighted by molar-refractivity contribution is -0.146. The van der Waals surface area contributed by atoms with Crippen LogP contribution >= 0.6 is 0 Å². The number of para-hydroxylation sites is 2. The van der Waals surface area contributed by atoms with Gasteiger partial charge in [-0.3, -0.25) is 9.59 Å².